The molecule has 0 amide bonds. The van der Waals surface area contributed by atoms with Crippen LogP contribution >= 0.6 is 0 Å². The number of fused-ring (bicyclic) bond motifs is 1. The van der Waals surface area contributed by atoms with Gasteiger partial charge in [0.1, 0.15) is 10.4 Å². The largest absolute Gasteiger partial charge is 0.279 e. The van der Waals surface area contributed by atoms with Crippen LogP contribution in [0.4, 0.5) is 5.69 Å². The highest BCUT2D eigenvalue weighted by Crippen LogP contribution is 2.27. The maximum atomic E-state index is 12.7. The normalized spacial score (nSPS) is 12.0. The maximum absolute atomic E-state index is 12.7. The van der Waals surface area contributed by atoms with Gasteiger partial charge in [0.15, 0.2) is 5.52 Å². The van der Waals surface area contributed by atoms with E-state index in [0.29, 0.717) is 11.2 Å². The van der Waals surface area contributed by atoms with Gasteiger partial charge in [0.2, 0.25) is 0 Å². The van der Waals surface area contributed by atoms with Gasteiger partial charge in [-0.1, -0.05) is 38.1 Å². The molecule has 1 N–H and O–H groups in total. The van der Waals surface area contributed by atoms with E-state index in [1.807, 2.05) is 26.0 Å². The van der Waals surface area contributed by atoms with Crippen molar-refractivity contribution in [2.75, 3.05) is 4.72 Å². The van der Waals surface area contributed by atoms with E-state index in [1.165, 1.54) is 6.07 Å². The number of nitrogens with zero attached hydrogens (tertiary/aromatic N) is 2. The molecule has 7 heteroatoms. The van der Waals surface area contributed by atoms with Crippen molar-refractivity contribution in [2.45, 2.75) is 24.7 Å². The van der Waals surface area contributed by atoms with Crippen molar-refractivity contribution in [3.05, 3.63) is 48.0 Å². The molecule has 0 unspecified atom stereocenters. The molecule has 0 aliphatic heterocycles. The van der Waals surface area contributed by atoms with E-state index in [-0.39, 0.29) is 16.3 Å². The highest BCUT2D eigenvalue weighted by atomic mass is 32.2. The Kier molecular flexibility index (Phi) is 3.58. The van der Waals surface area contributed by atoms with Gasteiger partial charge in [-0.05, 0) is 40.0 Å². The molecule has 0 atom stereocenters. The Labute approximate surface area is 128 Å². The van der Waals surface area contributed by atoms with Crippen LogP contribution < -0.4 is 4.72 Å². The van der Waals surface area contributed by atoms with Crippen molar-refractivity contribution >= 4 is 26.7 Å². The van der Waals surface area contributed by atoms with Crippen LogP contribution in [-0.2, 0) is 10.0 Å². The minimum Gasteiger partial charge on any atom is -0.279 e. The smallest absolute Gasteiger partial charge is 0.264 e. The quantitative estimate of drug-likeness (QED) is 0.799. The molecule has 2 aromatic carbocycles. The predicted molar refractivity (Wildman–Crippen MR) is 83.1 cm³/mol. The van der Waals surface area contributed by atoms with Gasteiger partial charge >= 0.3 is 0 Å². The lowest BCUT2D eigenvalue weighted by molar-refractivity contribution is 0.315. The summed E-state index contributed by atoms with van der Waals surface area (Å²) in [5.74, 6) is 0.198. The zero-order valence-electron chi connectivity index (χ0n) is 12.1. The molecule has 3 aromatic rings. The summed E-state index contributed by atoms with van der Waals surface area (Å²) in [6, 6.07) is 12.1. The van der Waals surface area contributed by atoms with Gasteiger partial charge in [-0.3, -0.25) is 4.72 Å². The van der Waals surface area contributed by atoms with Crippen molar-refractivity contribution < 1.29 is 13.0 Å². The summed E-state index contributed by atoms with van der Waals surface area (Å²) in [6.07, 6.45) is 0. The first-order valence-corrected chi connectivity index (χ1v) is 8.30. The molecule has 0 aliphatic carbocycles. The third-order valence-corrected chi connectivity index (χ3v) is 4.76. The number of rotatable bonds is 4. The molecule has 0 fully saturated rings. The van der Waals surface area contributed by atoms with E-state index >= 15 is 0 Å². The minimum atomic E-state index is -3.78. The second-order valence-corrected chi connectivity index (χ2v) is 6.89. The lowest BCUT2D eigenvalue weighted by atomic mass is 10.0. The van der Waals surface area contributed by atoms with Gasteiger partial charge in [0.25, 0.3) is 10.0 Å². The molecule has 3 rings (SSSR count). The zero-order chi connectivity index (χ0) is 15.7. The molecule has 0 saturated carbocycles. The van der Waals surface area contributed by atoms with Crippen LogP contribution in [0.3, 0.4) is 0 Å². The lowest BCUT2D eigenvalue weighted by Crippen LogP contribution is -2.15. The highest BCUT2D eigenvalue weighted by molar-refractivity contribution is 7.93. The van der Waals surface area contributed by atoms with Crippen molar-refractivity contribution in [3.8, 4) is 0 Å². The number of nitrogens with one attached hydrogen (secondary N) is 1. The molecule has 0 aliphatic rings. The van der Waals surface area contributed by atoms with Crippen LogP contribution in [0.1, 0.15) is 25.3 Å². The van der Waals surface area contributed by atoms with Gasteiger partial charge in [-0.2, -0.15) is 0 Å². The molecule has 0 spiro atoms. The first-order valence-electron chi connectivity index (χ1n) is 6.82. The molecule has 0 radical (unpaired) electrons. The Morgan fingerprint density at radius 2 is 1.82 bits per heavy atom. The number of hydrogen-bond donors (Lipinski definition) is 1. The van der Waals surface area contributed by atoms with E-state index in [1.54, 1.807) is 24.3 Å². The Balaban J connectivity index is 2.07. The van der Waals surface area contributed by atoms with Crippen LogP contribution in [0, 0.1) is 0 Å². The third-order valence-electron chi connectivity index (χ3n) is 3.37. The third kappa shape index (κ3) is 2.55. The SMILES string of the molecule is CC(C)c1ccccc1NS(=O)(=O)c1cccc2nonc12. The molecule has 6 nitrogen and oxygen atoms in total. The summed E-state index contributed by atoms with van der Waals surface area (Å²) in [7, 11) is -3.78. The number of para-hydroxylation sites is 1. The number of anilines is 1. The second-order valence-electron chi connectivity index (χ2n) is 5.24. The topological polar surface area (TPSA) is 85.1 Å². The molecule has 0 bridgehead atoms. The zero-order valence-corrected chi connectivity index (χ0v) is 13.0. The Hall–Kier alpha value is -2.41. The fourth-order valence-corrected chi connectivity index (χ4v) is 3.53. The first kappa shape index (κ1) is 14.5. The van der Waals surface area contributed by atoms with Crippen molar-refractivity contribution in [2.24, 2.45) is 0 Å². The van der Waals surface area contributed by atoms with Crippen LogP contribution in [-0.4, -0.2) is 18.7 Å². The Bertz CT molecular complexity index is 916. The fraction of sp³-hybridized carbons (Fsp3) is 0.200. The molecule has 1 aromatic heterocycles. The number of hydrogen-bond acceptors (Lipinski definition) is 5. The summed E-state index contributed by atoms with van der Waals surface area (Å²) >= 11 is 0. The second kappa shape index (κ2) is 5.42. The molecule has 1 heterocycles. The number of sulfonamides is 1. The lowest BCUT2D eigenvalue weighted by Gasteiger charge is -2.14. The maximum Gasteiger partial charge on any atom is 0.264 e. The summed E-state index contributed by atoms with van der Waals surface area (Å²) in [4.78, 5) is 0.0461. The molecule has 0 saturated heterocycles. The van der Waals surface area contributed by atoms with Crippen molar-refractivity contribution in [1.29, 1.82) is 0 Å². The highest BCUT2D eigenvalue weighted by Gasteiger charge is 2.21. The van der Waals surface area contributed by atoms with Crippen LogP contribution in [0.2, 0.25) is 0 Å². The predicted octanol–water partition coefficient (Wildman–Crippen LogP) is 3.15. The first-order chi connectivity index (χ1) is 10.5. The monoisotopic (exact) mass is 317 g/mol. The fourth-order valence-electron chi connectivity index (χ4n) is 2.29. The molecule has 22 heavy (non-hydrogen) atoms. The molecular weight excluding hydrogens is 302 g/mol. The summed E-state index contributed by atoms with van der Waals surface area (Å²) < 4.78 is 32.6. The van der Waals surface area contributed by atoms with Gasteiger partial charge in [-0.15, -0.1) is 0 Å². The average molecular weight is 317 g/mol. The molecular formula is C15H15N3O3S. The van der Waals surface area contributed by atoms with Crippen LogP contribution in [0.15, 0.2) is 52.0 Å². The van der Waals surface area contributed by atoms with Gasteiger partial charge in [-0.25, -0.2) is 13.0 Å². The summed E-state index contributed by atoms with van der Waals surface area (Å²) in [5.41, 5.74) is 2.11. The van der Waals surface area contributed by atoms with Crippen LogP contribution in [0.25, 0.3) is 11.0 Å². The van der Waals surface area contributed by atoms with Crippen molar-refractivity contribution in [1.82, 2.24) is 10.3 Å². The van der Waals surface area contributed by atoms with E-state index in [2.05, 4.69) is 19.7 Å². The van der Waals surface area contributed by atoms with E-state index < -0.39 is 10.0 Å². The average Bonchev–Trinajstić information content (AvgIpc) is 2.95. The van der Waals surface area contributed by atoms with E-state index in [9.17, 15) is 8.42 Å². The van der Waals surface area contributed by atoms with Crippen LogP contribution in [0.5, 0.6) is 0 Å². The molecule has 114 valence electrons. The number of aromatic nitrogens is 2. The Morgan fingerprint density at radius 1 is 1.05 bits per heavy atom. The summed E-state index contributed by atoms with van der Waals surface area (Å²) in [6.45, 7) is 4.02. The van der Waals surface area contributed by atoms with E-state index in [0.717, 1.165) is 5.56 Å². The minimum absolute atomic E-state index is 0.0461. The van der Waals surface area contributed by atoms with E-state index in [4.69, 9.17) is 0 Å². The Morgan fingerprint density at radius 3 is 2.59 bits per heavy atom. The van der Waals surface area contributed by atoms with Gasteiger partial charge in [0, 0.05) is 0 Å². The summed E-state index contributed by atoms with van der Waals surface area (Å²) in [5, 5.41) is 7.35. The number of benzene rings is 2. The van der Waals surface area contributed by atoms with Gasteiger partial charge in [0.05, 0.1) is 5.69 Å². The standard InChI is InChI=1S/C15H15N3O3S/c1-10(2)11-6-3-4-7-12(11)18-22(19,20)14-9-5-8-13-15(14)17-21-16-13/h3-10,18H,1-2H3. The van der Waals surface area contributed by atoms with Crippen molar-refractivity contribution in [3.63, 3.8) is 0 Å². The van der Waals surface area contributed by atoms with Gasteiger partial charge < -0.3 is 0 Å².